The average molecular weight is 483 g/mol. The molecule has 174 valence electrons. The van der Waals surface area contributed by atoms with Gasteiger partial charge in [0.25, 0.3) is 6.23 Å². The summed E-state index contributed by atoms with van der Waals surface area (Å²) in [5, 5.41) is 22.5. The van der Waals surface area contributed by atoms with Gasteiger partial charge in [-0.1, -0.05) is 30.6 Å². The van der Waals surface area contributed by atoms with E-state index < -0.39 is 16.8 Å². The topological polar surface area (TPSA) is 96.8 Å². The summed E-state index contributed by atoms with van der Waals surface area (Å²) in [6.45, 7) is 6.24. The first-order valence-electron chi connectivity index (χ1n) is 10.3. The molecule has 1 aliphatic rings. The van der Waals surface area contributed by atoms with Crippen molar-refractivity contribution in [1.29, 1.82) is 0 Å². The zero-order valence-corrected chi connectivity index (χ0v) is 19.5. The number of rotatable bonds is 12. The second kappa shape index (κ2) is 11.6. The predicted octanol–water partition coefficient (Wildman–Crippen LogP) is 3.67. The smallest absolute Gasteiger partial charge is 0.348 e. The molecule has 0 spiro atoms. The van der Waals surface area contributed by atoms with Gasteiger partial charge in [0.15, 0.2) is 6.61 Å². The molecule has 1 aliphatic heterocycles. The van der Waals surface area contributed by atoms with E-state index in [2.05, 4.69) is 23.7 Å². The van der Waals surface area contributed by atoms with E-state index in [1.165, 1.54) is 11.3 Å². The Kier molecular flexibility index (Phi) is 8.83. The summed E-state index contributed by atoms with van der Waals surface area (Å²) in [4.78, 5) is 14.2. The summed E-state index contributed by atoms with van der Waals surface area (Å²) in [6.07, 6.45) is 3.18. The fourth-order valence-electron chi connectivity index (χ4n) is 3.11. The van der Waals surface area contributed by atoms with Gasteiger partial charge in [0.2, 0.25) is 0 Å². The van der Waals surface area contributed by atoms with Crippen molar-refractivity contribution in [2.24, 2.45) is 0 Å². The van der Waals surface area contributed by atoms with Gasteiger partial charge in [-0.25, -0.2) is 9.69 Å². The van der Waals surface area contributed by atoms with E-state index in [1.807, 2.05) is 6.07 Å². The maximum Gasteiger partial charge on any atom is 0.348 e. The van der Waals surface area contributed by atoms with Crippen molar-refractivity contribution in [1.82, 2.24) is 19.7 Å². The summed E-state index contributed by atoms with van der Waals surface area (Å²) in [5.74, 6) is 0.489. The normalized spacial score (nSPS) is 20.8. The minimum atomic E-state index is -1.02. The number of esters is 1. The predicted molar refractivity (Wildman–Crippen MR) is 123 cm³/mol. The number of carbonyl (C=O) groups is 1. The quantitative estimate of drug-likeness (QED) is 0.0859. The third-order valence-corrected chi connectivity index (χ3v) is 6.15. The molecule has 32 heavy (non-hydrogen) atoms. The number of unbranched alkanes of at least 4 members (excludes halogenated alkanes) is 1. The second-order valence-corrected chi connectivity index (χ2v) is 8.57. The molecule has 0 saturated carbocycles. The number of hydroxylamine groups is 2. The minimum absolute atomic E-state index is 0.0160. The third-order valence-electron chi connectivity index (χ3n) is 4.75. The van der Waals surface area contributed by atoms with Crippen LogP contribution in [0.1, 0.15) is 24.8 Å². The number of nitrogens with zero attached hydrogens (tertiary/aromatic N) is 4. The number of allylic oxidation sites excluding steroid dienone is 1. The minimum Gasteiger partial charge on any atom is -0.622 e. The van der Waals surface area contributed by atoms with Gasteiger partial charge < -0.3 is 19.4 Å². The number of carbonyl (C=O) groups excluding carboxylic acids is 1. The van der Waals surface area contributed by atoms with Gasteiger partial charge >= 0.3 is 11.1 Å². The van der Waals surface area contributed by atoms with Gasteiger partial charge in [0.1, 0.15) is 23.2 Å². The number of benzene rings is 1. The van der Waals surface area contributed by atoms with E-state index in [9.17, 15) is 10.0 Å². The summed E-state index contributed by atoms with van der Waals surface area (Å²) in [6, 6.07) is 7.18. The first-order chi connectivity index (χ1) is 15.5. The Hall–Kier alpha value is -2.24. The molecular formula is C21H27ClN4O5S. The lowest BCUT2D eigenvalue weighted by Gasteiger charge is -2.38. The molecule has 2 atom stereocenters. The summed E-state index contributed by atoms with van der Waals surface area (Å²) >= 11 is 7.11. The molecule has 0 radical (unpaired) electrons. The molecule has 1 aromatic carbocycles. The Labute approximate surface area is 196 Å². The molecule has 0 bridgehead atoms. The fraction of sp³-hybridized carbons (Fsp3) is 0.476. The molecular weight excluding hydrogens is 456 g/mol. The highest BCUT2D eigenvalue weighted by Crippen LogP contribution is 2.34. The molecule has 1 saturated heterocycles. The fourth-order valence-corrected chi connectivity index (χ4v) is 4.19. The van der Waals surface area contributed by atoms with Crippen LogP contribution in [0, 0.1) is 5.21 Å². The second-order valence-electron chi connectivity index (χ2n) is 7.29. The molecule has 9 nitrogen and oxygen atoms in total. The number of ether oxygens (including phenoxy) is 3. The van der Waals surface area contributed by atoms with E-state index in [-0.39, 0.29) is 31.0 Å². The van der Waals surface area contributed by atoms with E-state index >= 15 is 0 Å². The van der Waals surface area contributed by atoms with Crippen LogP contribution >= 0.6 is 22.9 Å². The van der Waals surface area contributed by atoms with E-state index in [1.54, 1.807) is 29.2 Å². The SMILES string of the molecule is C=CCc1nnc([N+]2([O-])CN(CCl)CC2OC(=O)COc2cccc(OCCCC)c2)s1. The highest BCUT2D eigenvalue weighted by Gasteiger charge is 2.46. The molecule has 1 aromatic heterocycles. The van der Waals surface area contributed by atoms with Crippen molar-refractivity contribution in [3.63, 3.8) is 0 Å². The van der Waals surface area contributed by atoms with Crippen molar-refractivity contribution in [2.45, 2.75) is 32.4 Å². The lowest BCUT2D eigenvalue weighted by molar-refractivity contribution is -0.155. The summed E-state index contributed by atoms with van der Waals surface area (Å²) in [7, 11) is 0. The summed E-state index contributed by atoms with van der Waals surface area (Å²) < 4.78 is 15.7. The van der Waals surface area contributed by atoms with Gasteiger partial charge in [-0.3, -0.25) is 4.65 Å². The van der Waals surface area contributed by atoms with Gasteiger partial charge in [0.05, 0.1) is 19.2 Å². The van der Waals surface area contributed by atoms with Crippen LogP contribution < -0.4 is 14.1 Å². The Balaban J connectivity index is 1.61. The molecule has 11 heteroatoms. The molecule has 2 heterocycles. The number of halogens is 1. The number of alkyl halides is 1. The number of hydrogen-bond donors (Lipinski definition) is 0. The maximum absolute atomic E-state index is 13.6. The van der Waals surface area contributed by atoms with Gasteiger partial charge in [-0.05, 0) is 29.9 Å². The van der Waals surface area contributed by atoms with E-state index in [0.717, 1.165) is 12.8 Å². The molecule has 2 aromatic rings. The van der Waals surface area contributed by atoms with Crippen molar-refractivity contribution < 1.29 is 19.0 Å². The van der Waals surface area contributed by atoms with Crippen LogP contribution in [0.2, 0.25) is 0 Å². The first kappa shape index (κ1) is 24.4. The molecule has 0 aliphatic carbocycles. The average Bonchev–Trinajstić information content (AvgIpc) is 3.39. The van der Waals surface area contributed by atoms with Crippen LogP contribution in [0.4, 0.5) is 5.13 Å². The van der Waals surface area contributed by atoms with Gasteiger partial charge in [0, 0.05) is 12.5 Å². The third kappa shape index (κ3) is 6.17. The number of hydrogen-bond acceptors (Lipinski definition) is 9. The molecule has 0 N–H and O–H groups in total. The largest absolute Gasteiger partial charge is 0.622 e. The van der Waals surface area contributed by atoms with E-state index in [0.29, 0.717) is 29.5 Å². The number of quaternary nitrogens is 1. The Morgan fingerprint density at radius 3 is 2.91 bits per heavy atom. The van der Waals surface area contributed by atoms with Crippen LogP contribution in [0.15, 0.2) is 36.9 Å². The van der Waals surface area contributed by atoms with Crippen LogP contribution in [-0.4, -0.2) is 59.7 Å². The monoisotopic (exact) mass is 482 g/mol. The van der Waals surface area contributed by atoms with Crippen LogP contribution in [0.25, 0.3) is 0 Å². The standard InChI is InChI=1S/C21H27ClN4O5S/c1-3-5-10-29-16-8-6-9-17(11-16)30-13-20(27)31-19-12-25(14-22)15-26(19,28)21-24-23-18(32-21)7-4-2/h4,6,8-9,11,19H,2-3,5,7,10,12-15H2,1H3. The van der Waals surface area contributed by atoms with Crippen LogP contribution in [0.3, 0.4) is 0 Å². The van der Waals surface area contributed by atoms with Crippen molar-refractivity contribution in [3.8, 4) is 11.5 Å². The summed E-state index contributed by atoms with van der Waals surface area (Å²) in [5.41, 5.74) is 0. The maximum atomic E-state index is 13.6. The lowest BCUT2D eigenvalue weighted by atomic mass is 10.3. The number of aromatic nitrogens is 2. The lowest BCUT2D eigenvalue weighted by Crippen LogP contribution is -2.51. The Morgan fingerprint density at radius 2 is 2.19 bits per heavy atom. The van der Waals surface area contributed by atoms with Crippen LogP contribution in [-0.2, 0) is 16.0 Å². The van der Waals surface area contributed by atoms with Crippen molar-refractivity contribution in [3.05, 3.63) is 47.1 Å². The molecule has 0 amide bonds. The zero-order chi connectivity index (χ0) is 23.0. The van der Waals surface area contributed by atoms with E-state index in [4.69, 9.17) is 25.8 Å². The van der Waals surface area contributed by atoms with Crippen molar-refractivity contribution in [2.75, 3.05) is 32.4 Å². The zero-order valence-electron chi connectivity index (χ0n) is 17.9. The Bertz CT molecular complexity index is 914. The van der Waals surface area contributed by atoms with Crippen LogP contribution in [0.5, 0.6) is 11.5 Å². The van der Waals surface area contributed by atoms with Gasteiger partial charge in [-0.15, -0.1) is 23.3 Å². The highest BCUT2D eigenvalue weighted by molar-refractivity contribution is 7.15. The van der Waals surface area contributed by atoms with Crippen molar-refractivity contribution >= 4 is 34.0 Å². The first-order valence-corrected chi connectivity index (χ1v) is 11.7. The highest BCUT2D eigenvalue weighted by atomic mass is 35.5. The Morgan fingerprint density at radius 1 is 1.41 bits per heavy atom. The van der Waals surface area contributed by atoms with Gasteiger partial charge in [-0.2, -0.15) is 0 Å². The molecule has 1 fully saturated rings. The molecule has 2 unspecified atom stereocenters. The molecule has 3 rings (SSSR count).